The van der Waals surface area contributed by atoms with E-state index in [0.29, 0.717) is 28.0 Å². The first kappa shape index (κ1) is 19.0. The molecule has 0 spiro atoms. The lowest BCUT2D eigenvalue weighted by atomic mass is 10.2. The minimum atomic E-state index is -0.531. The molecular weight excluding hydrogens is 388 g/mol. The summed E-state index contributed by atoms with van der Waals surface area (Å²) in [6, 6.07) is 11.2. The SMILES string of the molecule is COc1ccc(C(=O)Oc2cccc(C(=O)OCC(C)C)c2)cc1Br. The lowest BCUT2D eigenvalue weighted by molar-refractivity contribution is 0.0457. The predicted octanol–water partition coefficient (Wildman–Crippen LogP) is 4.49. The van der Waals surface area contributed by atoms with E-state index in [4.69, 9.17) is 14.2 Å². The molecule has 132 valence electrons. The standard InChI is InChI=1S/C19H19BrO5/c1-12(2)11-24-18(21)13-5-4-6-15(9-13)25-19(22)14-7-8-17(23-3)16(20)10-14/h4-10,12H,11H2,1-3H3. The van der Waals surface area contributed by atoms with Gasteiger partial charge in [-0.3, -0.25) is 0 Å². The van der Waals surface area contributed by atoms with E-state index in [0.717, 1.165) is 0 Å². The summed E-state index contributed by atoms with van der Waals surface area (Å²) in [5.41, 5.74) is 0.697. The quantitative estimate of drug-likeness (QED) is 0.522. The molecule has 5 nitrogen and oxygen atoms in total. The third-order valence-electron chi connectivity index (χ3n) is 3.22. The first-order chi connectivity index (χ1) is 11.9. The third-order valence-corrected chi connectivity index (χ3v) is 3.84. The monoisotopic (exact) mass is 406 g/mol. The van der Waals surface area contributed by atoms with Gasteiger partial charge in [0.1, 0.15) is 11.5 Å². The van der Waals surface area contributed by atoms with Crippen molar-refractivity contribution in [2.45, 2.75) is 13.8 Å². The number of ether oxygens (including phenoxy) is 3. The molecule has 0 bridgehead atoms. The van der Waals surface area contributed by atoms with Crippen LogP contribution < -0.4 is 9.47 Å². The Morgan fingerprint density at radius 2 is 1.76 bits per heavy atom. The Bertz CT molecular complexity index is 770. The van der Waals surface area contributed by atoms with Gasteiger partial charge in [-0.1, -0.05) is 19.9 Å². The maximum Gasteiger partial charge on any atom is 0.343 e. The summed E-state index contributed by atoms with van der Waals surface area (Å²) in [4.78, 5) is 24.3. The zero-order valence-corrected chi connectivity index (χ0v) is 15.8. The normalized spacial score (nSPS) is 10.4. The zero-order valence-electron chi connectivity index (χ0n) is 14.2. The molecule has 2 aromatic rings. The topological polar surface area (TPSA) is 61.8 Å². The van der Waals surface area contributed by atoms with Crippen molar-refractivity contribution in [2.75, 3.05) is 13.7 Å². The fourth-order valence-electron chi connectivity index (χ4n) is 1.97. The highest BCUT2D eigenvalue weighted by Crippen LogP contribution is 2.26. The smallest absolute Gasteiger partial charge is 0.343 e. The molecule has 0 N–H and O–H groups in total. The van der Waals surface area contributed by atoms with Crippen molar-refractivity contribution in [2.24, 2.45) is 5.92 Å². The van der Waals surface area contributed by atoms with E-state index in [1.165, 1.54) is 6.07 Å². The number of carbonyl (C=O) groups excluding carboxylic acids is 2. The van der Waals surface area contributed by atoms with Gasteiger partial charge in [0.15, 0.2) is 0 Å². The highest BCUT2D eigenvalue weighted by atomic mass is 79.9. The fourth-order valence-corrected chi connectivity index (χ4v) is 2.51. The van der Waals surface area contributed by atoms with Crippen molar-refractivity contribution >= 4 is 27.9 Å². The second-order valence-electron chi connectivity index (χ2n) is 5.76. The van der Waals surface area contributed by atoms with Crippen molar-refractivity contribution < 1.29 is 23.8 Å². The summed E-state index contributed by atoms with van der Waals surface area (Å²) in [6.45, 7) is 4.25. The van der Waals surface area contributed by atoms with E-state index in [9.17, 15) is 9.59 Å². The first-order valence-corrected chi connectivity index (χ1v) is 8.53. The Hall–Kier alpha value is -2.34. The van der Waals surface area contributed by atoms with Gasteiger partial charge < -0.3 is 14.2 Å². The van der Waals surface area contributed by atoms with E-state index in [2.05, 4.69) is 15.9 Å². The van der Waals surface area contributed by atoms with Crippen LogP contribution in [0.4, 0.5) is 0 Å². The molecule has 0 radical (unpaired) electrons. The summed E-state index contributed by atoms with van der Waals surface area (Å²) in [5.74, 6) is 0.163. The van der Waals surface area contributed by atoms with Crippen LogP contribution in [-0.4, -0.2) is 25.7 Å². The summed E-state index contributed by atoms with van der Waals surface area (Å²) in [7, 11) is 1.54. The van der Waals surface area contributed by atoms with E-state index >= 15 is 0 Å². The molecule has 0 aromatic heterocycles. The molecule has 2 rings (SSSR count). The van der Waals surface area contributed by atoms with Gasteiger partial charge >= 0.3 is 11.9 Å². The van der Waals surface area contributed by atoms with E-state index < -0.39 is 11.9 Å². The number of esters is 2. The second-order valence-corrected chi connectivity index (χ2v) is 6.61. The molecule has 0 unspecified atom stereocenters. The van der Waals surface area contributed by atoms with Gasteiger partial charge in [0, 0.05) is 0 Å². The van der Waals surface area contributed by atoms with Crippen LogP contribution in [0.3, 0.4) is 0 Å². The summed E-state index contributed by atoms with van der Waals surface area (Å²) >= 11 is 3.33. The molecule has 0 saturated carbocycles. The van der Waals surface area contributed by atoms with Crippen LogP contribution >= 0.6 is 15.9 Å². The number of halogens is 1. The van der Waals surface area contributed by atoms with Crippen LogP contribution in [0.5, 0.6) is 11.5 Å². The maximum absolute atomic E-state index is 12.3. The Morgan fingerprint density at radius 3 is 2.40 bits per heavy atom. The molecule has 0 aliphatic carbocycles. The minimum Gasteiger partial charge on any atom is -0.496 e. The molecule has 6 heteroatoms. The molecule has 25 heavy (non-hydrogen) atoms. The van der Waals surface area contributed by atoms with Gasteiger partial charge in [0.05, 0.1) is 29.3 Å². The van der Waals surface area contributed by atoms with Crippen molar-refractivity contribution in [1.29, 1.82) is 0 Å². The first-order valence-electron chi connectivity index (χ1n) is 7.73. The van der Waals surface area contributed by atoms with Crippen molar-refractivity contribution in [3.8, 4) is 11.5 Å². The van der Waals surface area contributed by atoms with Gasteiger partial charge in [0.25, 0.3) is 0 Å². The Labute approximate surface area is 155 Å². The van der Waals surface area contributed by atoms with E-state index in [1.54, 1.807) is 43.5 Å². The van der Waals surface area contributed by atoms with Gasteiger partial charge in [-0.2, -0.15) is 0 Å². The Morgan fingerprint density at radius 1 is 1.04 bits per heavy atom. The number of rotatable bonds is 6. The van der Waals surface area contributed by atoms with Crippen molar-refractivity contribution in [3.63, 3.8) is 0 Å². The van der Waals surface area contributed by atoms with Crippen LogP contribution in [0.2, 0.25) is 0 Å². The number of hydrogen-bond acceptors (Lipinski definition) is 5. The molecule has 0 amide bonds. The fraction of sp³-hybridized carbons (Fsp3) is 0.263. The average Bonchev–Trinajstić information content (AvgIpc) is 2.59. The average molecular weight is 407 g/mol. The van der Waals surface area contributed by atoms with Gasteiger partial charge in [-0.05, 0) is 58.2 Å². The highest BCUT2D eigenvalue weighted by Gasteiger charge is 2.14. The van der Waals surface area contributed by atoms with E-state index in [1.807, 2.05) is 13.8 Å². The number of benzene rings is 2. The summed E-state index contributed by atoms with van der Waals surface area (Å²) in [5, 5.41) is 0. The summed E-state index contributed by atoms with van der Waals surface area (Å²) < 4.78 is 16.3. The number of methoxy groups -OCH3 is 1. The van der Waals surface area contributed by atoms with Crippen molar-refractivity contribution in [1.82, 2.24) is 0 Å². The maximum atomic E-state index is 12.3. The Balaban J connectivity index is 2.09. The third kappa shape index (κ3) is 5.32. The largest absolute Gasteiger partial charge is 0.496 e. The lowest BCUT2D eigenvalue weighted by Crippen LogP contribution is -2.11. The lowest BCUT2D eigenvalue weighted by Gasteiger charge is -2.09. The van der Waals surface area contributed by atoms with Crippen molar-refractivity contribution in [3.05, 3.63) is 58.1 Å². The van der Waals surface area contributed by atoms with Crippen LogP contribution in [0.15, 0.2) is 46.9 Å². The molecule has 0 aliphatic heterocycles. The summed E-state index contributed by atoms with van der Waals surface area (Å²) in [6.07, 6.45) is 0. The highest BCUT2D eigenvalue weighted by molar-refractivity contribution is 9.10. The number of carbonyl (C=O) groups is 2. The predicted molar refractivity (Wildman–Crippen MR) is 97.2 cm³/mol. The van der Waals surface area contributed by atoms with Gasteiger partial charge in [-0.25, -0.2) is 9.59 Å². The molecule has 2 aromatic carbocycles. The molecule has 0 saturated heterocycles. The van der Waals surface area contributed by atoms with Gasteiger partial charge in [0.2, 0.25) is 0 Å². The van der Waals surface area contributed by atoms with Crippen LogP contribution in [0.25, 0.3) is 0 Å². The molecule has 0 heterocycles. The molecule has 0 atom stereocenters. The molecular formula is C19H19BrO5. The molecule has 0 aliphatic rings. The van der Waals surface area contributed by atoms with Gasteiger partial charge in [-0.15, -0.1) is 0 Å². The number of hydrogen-bond donors (Lipinski definition) is 0. The molecule has 0 fully saturated rings. The zero-order chi connectivity index (χ0) is 18.4. The van der Waals surface area contributed by atoms with Crippen LogP contribution in [-0.2, 0) is 4.74 Å². The second kappa shape index (κ2) is 8.67. The van der Waals surface area contributed by atoms with Crippen LogP contribution in [0, 0.1) is 5.92 Å². The Kier molecular flexibility index (Phi) is 6.58. The van der Waals surface area contributed by atoms with E-state index in [-0.39, 0.29) is 11.7 Å². The van der Waals surface area contributed by atoms with Crippen LogP contribution in [0.1, 0.15) is 34.6 Å². The minimum absolute atomic E-state index is 0.249.